The zero-order valence-electron chi connectivity index (χ0n) is 25.0. The maximum absolute atomic E-state index is 14.3. The second kappa shape index (κ2) is 14.8. The first-order chi connectivity index (χ1) is 20.6. The minimum atomic E-state index is -4.17. The second-order valence-corrected chi connectivity index (χ2v) is 13.2. The highest BCUT2D eigenvalue weighted by molar-refractivity contribution is 7.92. The monoisotopic (exact) mass is 625 g/mol. The number of nitrogens with zero attached hydrogens (tertiary/aromatic N) is 2. The third-order valence-corrected chi connectivity index (χ3v) is 10.0. The molecule has 0 aromatic heterocycles. The van der Waals surface area contributed by atoms with Gasteiger partial charge in [-0.05, 0) is 74.2 Å². The van der Waals surface area contributed by atoms with Crippen molar-refractivity contribution in [2.75, 3.05) is 18.0 Å². The van der Waals surface area contributed by atoms with Crippen molar-refractivity contribution in [3.8, 4) is 5.75 Å². The smallest absolute Gasteiger partial charge is 0.264 e. The number of hydrogen-bond donors (Lipinski definition) is 1. The molecular weight excluding hydrogens is 586 g/mol. The largest absolute Gasteiger partial charge is 0.497 e. The molecule has 0 bridgehead atoms. The van der Waals surface area contributed by atoms with E-state index in [-0.39, 0.29) is 23.4 Å². The number of carbonyl (C=O) groups is 2. The molecule has 2 amide bonds. The Balaban J connectivity index is 1.71. The minimum absolute atomic E-state index is 0.0152. The van der Waals surface area contributed by atoms with Gasteiger partial charge in [-0.25, -0.2) is 8.42 Å². The van der Waals surface area contributed by atoms with Crippen molar-refractivity contribution < 1.29 is 22.7 Å². The number of methoxy groups -OCH3 is 1. The van der Waals surface area contributed by atoms with E-state index in [0.29, 0.717) is 28.4 Å². The Morgan fingerprint density at radius 3 is 2.23 bits per heavy atom. The van der Waals surface area contributed by atoms with Crippen LogP contribution in [0.2, 0.25) is 5.02 Å². The molecule has 1 N–H and O–H groups in total. The highest BCUT2D eigenvalue weighted by atomic mass is 35.5. The molecule has 10 heteroatoms. The van der Waals surface area contributed by atoms with Gasteiger partial charge in [0, 0.05) is 17.6 Å². The lowest BCUT2D eigenvalue weighted by molar-refractivity contribution is -0.140. The molecule has 8 nitrogen and oxygen atoms in total. The van der Waals surface area contributed by atoms with Crippen LogP contribution in [0, 0.1) is 6.92 Å². The van der Waals surface area contributed by atoms with Crippen molar-refractivity contribution in [2.24, 2.45) is 0 Å². The minimum Gasteiger partial charge on any atom is -0.497 e. The summed E-state index contributed by atoms with van der Waals surface area (Å²) in [5.74, 6) is -0.240. The molecule has 3 aromatic carbocycles. The van der Waals surface area contributed by atoms with E-state index in [1.807, 2.05) is 19.9 Å². The van der Waals surface area contributed by atoms with Crippen molar-refractivity contribution >= 4 is 39.1 Å². The average Bonchev–Trinajstić information content (AvgIpc) is 3.01. The molecule has 0 unspecified atom stereocenters. The van der Waals surface area contributed by atoms with Gasteiger partial charge in [-0.15, -0.1) is 0 Å². The SMILES string of the molecule is CC[C@H](C(=O)NC1CCCCC1)N(Cc1ccccc1Cl)C(=O)CN(c1ccc(C)cc1)S(=O)(=O)c1ccc(OC)cc1. The molecule has 1 saturated carbocycles. The van der Waals surface area contributed by atoms with Crippen molar-refractivity contribution in [2.45, 2.75) is 75.9 Å². The maximum Gasteiger partial charge on any atom is 0.264 e. The first kappa shape index (κ1) is 32.4. The van der Waals surface area contributed by atoms with E-state index >= 15 is 0 Å². The van der Waals surface area contributed by atoms with Gasteiger partial charge in [0.15, 0.2) is 0 Å². The maximum atomic E-state index is 14.3. The highest BCUT2D eigenvalue weighted by Gasteiger charge is 2.34. The van der Waals surface area contributed by atoms with E-state index in [0.717, 1.165) is 42.0 Å². The average molecular weight is 626 g/mol. The first-order valence-corrected chi connectivity index (χ1v) is 16.5. The summed E-state index contributed by atoms with van der Waals surface area (Å²) in [5.41, 5.74) is 1.95. The van der Waals surface area contributed by atoms with E-state index in [1.165, 1.54) is 24.1 Å². The van der Waals surface area contributed by atoms with Crippen molar-refractivity contribution in [1.29, 1.82) is 0 Å². The lowest BCUT2D eigenvalue weighted by Crippen LogP contribution is -2.54. The Labute approximate surface area is 260 Å². The third kappa shape index (κ3) is 8.09. The number of nitrogens with one attached hydrogen (secondary N) is 1. The van der Waals surface area contributed by atoms with Crippen molar-refractivity contribution in [1.82, 2.24) is 10.2 Å². The quantitative estimate of drug-likeness (QED) is 0.262. The molecule has 230 valence electrons. The topological polar surface area (TPSA) is 96.0 Å². The van der Waals surface area contributed by atoms with E-state index in [9.17, 15) is 18.0 Å². The predicted molar refractivity (Wildman–Crippen MR) is 170 cm³/mol. The van der Waals surface area contributed by atoms with Gasteiger partial charge in [-0.3, -0.25) is 13.9 Å². The Morgan fingerprint density at radius 2 is 1.63 bits per heavy atom. The lowest BCUT2D eigenvalue weighted by atomic mass is 9.95. The Morgan fingerprint density at radius 1 is 0.977 bits per heavy atom. The Hall–Kier alpha value is -3.56. The molecule has 4 rings (SSSR count). The van der Waals surface area contributed by atoms with Crippen LogP contribution in [0.25, 0.3) is 0 Å². The Kier molecular flexibility index (Phi) is 11.1. The molecule has 43 heavy (non-hydrogen) atoms. The molecule has 0 saturated heterocycles. The lowest BCUT2D eigenvalue weighted by Gasteiger charge is -2.34. The predicted octanol–water partition coefficient (Wildman–Crippen LogP) is 6.11. The van der Waals surface area contributed by atoms with Crippen LogP contribution >= 0.6 is 11.6 Å². The van der Waals surface area contributed by atoms with Crippen LogP contribution in [0.3, 0.4) is 0 Å². The highest BCUT2D eigenvalue weighted by Crippen LogP contribution is 2.27. The zero-order valence-corrected chi connectivity index (χ0v) is 26.5. The van der Waals surface area contributed by atoms with Crippen molar-refractivity contribution in [3.63, 3.8) is 0 Å². The van der Waals surface area contributed by atoms with Crippen LogP contribution in [0.4, 0.5) is 5.69 Å². The van der Waals surface area contributed by atoms with E-state index in [1.54, 1.807) is 54.6 Å². The molecule has 0 spiro atoms. The van der Waals surface area contributed by atoms with Gasteiger partial charge in [0.05, 0.1) is 17.7 Å². The Bertz CT molecular complexity index is 1490. The number of ether oxygens (including phenoxy) is 1. The molecule has 0 radical (unpaired) electrons. The standard InChI is InChI=1S/C33H40ClN3O5S/c1-4-31(33(39)35-26-11-6-5-7-12-26)36(22-25-10-8-9-13-30(25)34)32(38)23-37(27-16-14-24(2)15-17-27)43(40,41)29-20-18-28(42-3)19-21-29/h8-10,13-21,26,31H,4-7,11-12,22-23H2,1-3H3,(H,35,39)/t31-/m1/s1. The van der Waals surface area contributed by atoms with Gasteiger partial charge < -0.3 is 15.0 Å². The summed E-state index contributed by atoms with van der Waals surface area (Å²) in [5, 5.41) is 3.62. The second-order valence-electron chi connectivity index (χ2n) is 10.9. The van der Waals surface area contributed by atoms with Gasteiger partial charge in [0.25, 0.3) is 10.0 Å². The van der Waals surface area contributed by atoms with Crippen LogP contribution in [-0.4, -0.2) is 50.9 Å². The summed E-state index contributed by atoms with van der Waals surface area (Å²) in [6.07, 6.45) is 5.42. The molecule has 1 aliphatic rings. The molecule has 0 aliphatic heterocycles. The fourth-order valence-corrected chi connectivity index (χ4v) is 7.00. The van der Waals surface area contributed by atoms with Crippen LogP contribution in [-0.2, 0) is 26.2 Å². The first-order valence-electron chi connectivity index (χ1n) is 14.7. The summed E-state index contributed by atoms with van der Waals surface area (Å²) < 4.78 is 34.4. The fraction of sp³-hybridized carbons (Fsp3) is 0.394. The van der Waals surface area contributed by atoms with Gasteiger partial charge in [-0.2, -0.15) is 0 Å². The molecule has 1 atom stereocenters. The summed E-state index contributed by atoms with van der Waals surface area (Å²) in [7, 11) is -2.67. The van der Waals surface area contributed by atoms with E-state index in [4.69, 9.17) is 16.3 Å². The summed E-state index contributed by atoms with van der Waals surface area (Å²) in [4.78, 5) is 29.4. The van der Waals surface area contributed by atoms with Crippen LogP contribution in [0.15, 0.2) is 77.7 Å². The number of halogens is 1. The molecule has 0 heterocycles. The third-order valence-electron chi connectivity index (χ3n) is 7.88. The zero-order chi connectivity index (χ0) is 31.0. The van der Waals surface area contributed by atoms with Gasteiger partial charge in [-0.1, -0.05) is 73.7 Å². The number of amides is 2. The number of carbonyl (C=O) groups excluding carboxylic acids is 2. The van der Waals surface area contributed by atoms with Crippen LogP contribution in [0.5, 0.6) is 5.75 Å². The van der Waals surface area contributed by atoms with Gasteiger partial charge in [0.2, 0.25) is 11.8 Å². The number of anilines is 1. The molecule has 1 fully saturated rings. The fourth-order valence-electron chi connectivity index (χ4n) is 5.39. The summed E-state index contributed by atoms with van der Waals surface area (Å²) in [6.45, 7) is 3.30. The molecule has 1 aliphatic carbocycles. The van der Waals surface area contributed by atoms with Gasteiger partial charge in [0.1, 0.15) is 18.3 Å². The summed E-state index contributed by atoms with van der Waals surface area (Å²) >= 11 is 6.49. The summed E-state index contributed by atoms with van der Waals surface area (Å²) in [6, 6.07) is 19.4. The van der Waals surface area contributed by atoms with Crippen LogP contribution < -0.4 is 14.4 Å². The molecule has 3 aromatic rings. The number of sulfonamides is 1. The van der Waals surface area contributed by atoms with E-state index in [2.05, 4.69) is 5.32 Å². The van der Waals surface area contributed by atoms with Crippen LogP contribution in [0.1, 0.15) is 56.6 Å². The van der Waals surface area contributed by atoms with Gasteiger partial charge >= 0.3 is 0 Å². The number of benzene rings is 3. The number of aryl methyl sites for hydroxylation is 1. The van der Waals surface area contributed by atoms with E-state index < -0.39 is 28.5 Å². The normalized spacial score (nSPS) is 14.5. The molecular formula is C33H40ClN3O5S. The number of rotatable bonds is 12. The number of hydrogen-bond acceptors (Lipinski definition) is 5. The van der Waals surface area contributed by atoms with Crippen molar-refractivity contribution in [3.05, 3.63) is 88.9 Å².